The Hall–Kier alpha value is -3.93. The number of aromatic carboxylic acids is 1. The summed E-state index contributed by atoms with van der Waals surface area (Å²) >= 11 is 0. The van der Waals surface area contributed by atoms with Gasteiger partial charge in [0, 0.05) is 0 Å². The van der Waals surface area contributed by atoms with Crippen molar-refractivity contribution in [2.75, 3.05) is 10.6 Å². The monoisotopic (exact) mass is 388 g/mol. The molecule has 0 bridgehead atoms. The molecule has 0 aliphatic carbocycles. The molecule has 0 aliphatic heterocycles. The number of benzene rings is 3. The van der Waals surface area contributed by atoms with Gasteiger partial charge in [-0.2, -0.15) is 0 Å². The lowest BCUT2D eigenvalue weighted by molar-refractivity contribution is -0.116. The van der Waals surface area contributed by atoms with Crippen molar-refractivity contribution >= 4 is 29.2 Å². The van der Waals surface area contributed by atoms with E-state index in [1.807, 2.05) is 60.7 Å². The SMILES string of the molecule is O=C(Cc1ccccc1)Nc1ccc(C(=O)O)cc1NC(=O)Cc1ccccc1. The number of anilines is 2. The van der Waals surface area contributed by atoms with Crippen LogP contribution in [0.5, 0.6) is 0 Å². The zero-order valence-electron chi connectivity index (χ0n) is 15.6. The topological polar surface area (TPSA) is 95.5 Å². The molecule has 0 spiro atoms. The highest BCUT2D eigenvalue weighted by molar-refractivity contribution is 6.02. The quantitative estimate of drug-likeness (QED) is 0.574. The van der Waals surface area contributed by atoms with Crippen molar-refractivity contribution in [1.29, 1.82) is 0 Å². The van der Waals surface area contributed by atoms with Crippen molar-refractivity contribution in [3.8, 4) is 0 Å². The molecule has 2 amide bonds. The molecule has 0 unspecified atom stereocenters. The Morgan fingerprint density at radius 2 is 1.14 bits per heavy atom. The normalized spacial score (nSPS) is 10.2. The fourth-order valence-electron chi connectivity index (χ4n) is 2.84. The van der Waals surface area contributed by atoms with E-state index in [0.717, 1.165) is 11.1 Å². The smallest absolute Gasteiger partial charge is 0.335 e. The number of carboxylic acid groups (broad SMARTS) is 1. The van der Waals surface area contributed by atoms with Gasteiger partial charge in [0.25, 0.3) is 0 Å². The van der Waals surface area contributed by atoms with Gasteiger partial charge in [-0.05, 0) is 29.3 Å². The van der Waals surface area contributed by atoms with Gasteiger partial charge in [-0.15, -0.1) is 0 Å². The van der Waals surface area contributed by atoms with E-state index in [4.69, 9.17) is 0 Å². The van der Waals surface area contributed by atoms with E-state index in [1.165, 1.54) is 18.2 Å². The molecule has 3 rings (SSSR count). The van der Waals surface area contributed by atoms with Gasteiger partial charge in [-0.25, -0.2) is 4.79 Å². The minimum Gasteiger partial charge on any atom is -0.478 e. The molecular weight excluding hydrogens is 368 g/mol. The zero-order chi connectivity index (χ0) is 20.6. The van der Waals surface area contributed by atoms with Gasteiger partial charge in [0.15, 0.2) is 0 Å². The number of carbonyl (C=O) groups is 3. The van der Waals surface area contributed by atoms with Crippen LogP contribution in [-0.2, 0) is 22.4 Å². The highest BCUT2D eigenvalue weighted by Gasteiger charge is 2.14. The van der Waals surface area contributed by atoms with E-state index in [9.17, 15) is 19.5 Å². The van der Waals surface area contributed by atoms with Crippen molar-refractivity contribution < 1.29 is 19.5 Å². The van der Waals surface area contributed by atoms with E-state index in [-0.39, 0.29) is 35.9 Å². The van der Waals surface area contributed by atoms with E-state index < -0.39 is 5.97 Å². The number of amides is 2. The van der Waals surface area contributed by atoms with Crippen LogP contribution in [0.15, 0.2) is 78.9 Å². The summed E-state index contributed by atoms with van der Waals surface area (Å²) < 4.78 is 0. The molecule has 0 aliphatic rings. The van der Waals surface area contributed by atoms with Gasteiger partial charge in [0.1, 0.15) is 0 Å². The summed E-state index contributed by atoms with van der Waals surface area (Å²) in [4.78, 5) is 36.1. The first-order valence-corrected chi connectivity index (χ1v) is 9.06. The Balaban J connectivity index is 1.76. The van der Waals surface area contributed by atoms with Crippen LogP contribution in [0.2, 0.25) is 0 Å². The van der Waals surface area contributed by atoms with Crippen LogP contribution in [-0.4, -0.2) is 22.9 Å². The van der Waals surface area contributed by atoms with E-state index in [1.54, 1.807) is 0 Å². The lowest BCUT2D eigenvalue weighted by Gasteiger charge is -2.13. The average Bonchev–Trinajstić information content (AvgIpc) is 2.70. The highest BCUT2D eigenvalue weighted by atomic mass is 16.4. The molecule has 3 N–H and O–H groups in total. The third-order valence-electron chi connectivity index (χ3n) is 4.23. The lowest BCUT2D eigenvalue weighted by atomic mass is 10.1. The fraction of sp³-hybridized carbons (Fsp3) is 0.0870. The molecule has 3 aromatic rings. The summed E-state index contributed by atoms with van der Waals surface area (Å²) in [6.07, 6.45) is 0.300. The van der Waals surface area contributed by atoms with Crippen LogP contribution in [0.4, 0.5) is 11.4 Å². The second kappa shape index (κ2) is 9.32. The standard InChI is InChI=1S/C23H20N2O4/c26-21(13-16-7-3-1-4-8-16)24-19-12-11-18(23(28)29)15-20(19)25-22(27)14-17-9-5-2-6-10-17/h1-12,15H,13-14H2,(H,24,26)(H,25,27)(H,28,29). The lowest BCUT2D eigenvalue weighted by Crippen LogP contribution is -2.19. The minimum absolute atomic E-state index is 0.0149. The van der Waals surface area contributed by atoms with Crippen LogP contribution < -0.4 is 10.6 Å². The Kier molecular flexibility index (Phi) is 6.37. The number of hydrogen-bond acceptors (Lipinski definition) is 3. The van der Waals surface area contributed by atoms with Crippen LogP contribution >= 0.6 is 0 Å². The van der Waals surface area contributed by atoms with Crippen molar-refractivity contribution in [2.45, 2.75) is 12.8 Å². The molecule has 3 aromatic carbocycles. The molecule has 0 radical (unpaired) electrons. The molecule has 0 saturated carbocycles. The van der Waals surface area contributed by atoms with Gasteiger partial charge in [-0.1, -0.05) is 60.7 Å². The molecule has 6 nitrogen and oxygen atoms in total. The molecular formula is C23H20N2O4. The van der Waals surface area contributed by atoms with Crippen LogP contribution in [0.1, 0.15) is 21.5 Å². The predicted molar refractivity (Wildman–Crippen MR) is 111 cm³/mol. The number of rotatable bonds is 7. The van der Waals surface area contributed by atoms with E-state index in [0.29, 0.717) is 5.69 Å². The molecule has 0 saturated heterocycles. The van der Waals surface area contributed by atoms with Crippen molar-refractivity contribution in [1.82, 2.24) is 0 Å². The summed E-state index contributed by atoms with van der Waals surface area (Å²) in [6.45, 7) is 0. The predicted octanol–water partition coefficient (Wildman–Crippen LogP) is 3.75. The minimum atomic E-state index is -1.12. The Labute approximate surface area is 168 Å². The molecule has 0 heterocycles. The molecule has 6 heteroatoms. The van der Waals surface area contributed by atoms with Gasteiger partial charge < -0.3 is 15.7 Å². The van der Waals surface area contributed by atoms with Gasteiger partial charge in [0.2, 0.25) is 11.8 Å². The second-order valence-corrected chi connectivity index (χ2v) is 6.49. The number of carboxylic acids is 1. The molecule has 0 aromatic heterocycles. The maximum absolute atomic E-state index is 12.4. The first kappa shape index (κ1) is 19.8. The molecule has 0 fully saturated rings. The van der Waals surface area contributed by atoms with Crippen molar-refractivity contribution in [3.63, 3.8) is 0 Å². The Morgan fingerprint density at radius 3 is 1.62 bits per heavy atom. The van der Waals surface area contributed by atoms with E-state index in [2.05, 4.69) is 10.6 Å². The number of hydrogen-bond donors (Lipinski definition) is 3. The molecule has 29 heavy (non-hydrogen) atoms. The first-order valence-electron chi connectivity index (χ1n) is 9.06. The fourth-order valence-corrected chi connectivity index (χ4v) is 2.84. The largest absolute Gasteiger partial charge is 0.478 e. The summed E-state index contributed by atoms with van der Waals surface area (Å²) in [5, 5.41) is 14.7. The zero-order valence-corrected chi connectivity index (χ0v) is 15.6. The van der Waals surface area contributed by atoms with Gasteiger partial charge in [0.05, 0.1) is 29.8 Å². The van der Waals surface area contributed by atoms with Gasteiger partial charge in [-0.3, -0.25) is 9.59 Å². The molecule has 146 valence electrons. The Morgan fingerprint density at radius 1 is 0.655 bits per heavy atom. The summed E-state index contributed by atoms with van der Waals surface area (Å²) in [6, 6.07) is 22.6. The Bertz CT molecular complexity index is 1020. The molecule has 0 atom stereocenters. The third kappa shape index (κ3) is 5.77. The highest BCUT2D eigenvalue weighted by Crippen LogP contribution is 2.24. The summed E-state index contributed by atoms with van der Waals surface area (Å²) in [7, 11) is 0. The van der Waals surface area contributed by atoms with Crippen molar-refractivity contribution in [3.05, 3.63) is 95.6 Å². The maximum Gasteiger partial charge on any atom is 0.335 e. The van der Waals surface area contributed by atoms with Crippen molar-refractivity contribution in [2.24, 2.45) is 0 Å². The van der Waals surface area contributed by atoms with Crippen LogP contribution in [0.25, 0.3) is 0 Å². The van der Waals surface area contributed by atoms with Crippen LogP contribution in [0, 0.1) is 0 Å². The first-order chi connectivity index (χ1) is 14.0. The second-order valence-electron chi connectivity index (χ2n) is 6.49. The summed E-state index contributed by atoms with van der Waals surface area (Å²) in [5.41, 5.74) is 2.28. The third-order valence-corrected chi connectivity index (χ3v) is 4.23. The summed E-state index contributed by atoms with van der Waals surface area (Å²) in [5.74, 6) is -1.69. The average molecular weight is 388 g/mol. The number of nitrogens with one attached hydrogen (secondary N) is 2. The van der Waals surface area contributed by atoms with E-state index >= 15 is 0 Å². The number of carbonyl (C=O) groups excluding carboxylic acids is 2. The maximum atomic E-state index is 12.4. The van der Waals surface area contributed by atoms with Crippen LogP contribution in [0.3, 0.4) is 0 Å². The van der Waals surface area contributed by atoms with Gasteiger partial charge >= 0.3 is 5.97 Å².